The van der Waals surface area contributed by atoms with Crippen molar-refractivity contribution < 1.29 is 4.79 Å². The molecule has 5 heteroatoms. The topological polar surface area (TPSA) is 45.2 Å². The van der Waals surface area contributed by atoms with Crippen LogP contribution in [-0.4, -0.2) is 16.0 Å². The van der Waals surface area contributed by atoms with Crippen LogP contribution in [0.5, 0.6) is 0 Å². The van der Waals surface area contributed by atoms with E-state index in [-0.39, 0.29) is 5.91 Å². The molecule has 1 fully saturated rings. The summed E-state index contributed by atoms with van der Waals surface area (Å²) in [4.78, 5) is 17.9. The highest BCUT2D eigenvalue weighted by Gasteiger charge is 2.31. The second-order valence-corrected chi connectivity index (χ2v) is 4.64. The minimum absolute atomic E-state index is 0.162. The van der Waals surface area contributed by atoms with Crippen LogP contribution < -0.4 is 10.2 Å². The molecule has 4 nitrogen and oxygen atoms in total. The van der Waals surface area contributed by atoms with E-state index < -0.39 is 0 Å². The third kappa shape index (κ3) is 2.31. The third-order valence-electron chi connectivity index (χ3n) is 2.89. The number of rotatable bonds is 2. The fourth-order valence-electron chi connectivity index (χ4n) is 1.97. The van der Waals surface area contributed by atoms with E-state index in [2.05, 4.69) is 10.3 Å². The van der Waals surface area contributed by atoms with Gasteiger partial charge >= 0.3 is 0 Å². The lowest BCUT2D eigenvalue weighted by Crippen LogP contribution is -2.30. The summed E-state index contributed by atoms with van der Waals surface area (Å²) in [6.07, 6.45) is 5.12. The van der Waals surface area contributed by atoms with E-state index in [4.69, 9.17) is 12.2 Å². The Morgan fingerprint density at radius 2 is 1.95 bits per heavy atom. The van der Waals surface area contributed by atoms with Crippen molar-refractivity contribution >= 4 is 35.0 Å². The van der Waals surface area contributed by atoms with Crippen LogP contribution in [0.1, 0.15) is 5.56 Å². The van der Waals surface area contributed by atoms with Crippen LogP contribution in [0.2, 0.25) is 0 Å². The van der Waals surface area contributed by atoms with E-state index in [0.717, 1.165) is 11.3 Å². The van der Waals surface area contributed by atoms with Crippen LogP contribution in [0.4, 0.5) is 5.69 Å². The number of amides is 1. The lowest BCUT2D eigenvalue weighted by Gasteiger charge is -2.13. The minimum Gasteiger partial charge on any atom is -0.327 e. The maximum atomic E-state index is 12.4. The second-order valence-electron chi connectivity index (χ2n) is 4.25. The number of hydrogen-bond donors (Lipinski definition) is 1. The number of nitrogens with zero attached hydrogens (tertiary/aromatic N) is 2. The summed E-state index contributed by atoms with van der Waals surface area (Å²) in [6.45, 7) is 0. The van der Waals surface area contributed by atoms with E-state index in [1.54, 1.807) is 18.5 Å². The highest BCUT2D eigenvalue weighted by molar-refractivity contribution is 7.80. The number of carbonyl (C=O) groups is 1. The van der Waals surface area contributed by atoms with Crippen molar-refractivity contribution in [2.75, 3.05) is 4.90 Å². The van der Waals surface area contributed by atoms with Crippen molar-refractivity contribution in [3.05, 3.63) is 66.1 Å². The average molecular weight is 281 g/mol. The van der Waals surface area contributed by atoms with Gasteiger partial charge in [-0.05, 0) is 42.1 Å². The number of para-hydroxylation sites is 1. The molecule has 98 valence electrons. The van der Waals surface area contributed by atoms with Crippen molar-refractivity contribution in [2.24, 2.45) is 0 Å². The predicted octanol–water partition coefficient (Wildman–Crippen LogP) is 2.34. The molecular formula is C15H11N3OS. The Balaban J connectivity index is 1.93. The molecule has 1 aromatic heterocycles. The number of anilines is 1. The lowest BCUT2D eigenvalue weighted by atomic mass is 10.2. The van der Waals surface area contributed by atoms with Gasteiger partial charge in [0.2, 0.25) is 0 Å². The van der Waals surface area contributed by atoms with Gasteiger partial charge in [0.1, 0.15) is 5.70 Å². The molecule has 0 radical (unpaired) electrons. The van der Waals surface area contributed by atoms with Gasteiger partial charge in [0.15, 0.2) is 5.11 Å². The molecule has 0 bridgehead atoms. The molecule has 0 saturated carbocycles. The Bertz CT molecular complexity index is 683. The number of pyridine rings is 1. The quantitative estimate of drug-likeness (QED) is 0.678. The zero-order chi connectivity index (χ0) is 13.9. The first-order valence-corrected chi connectivity index (χ1v) is 6.49. The van der Waals surface area contributed by atoms with E-state index in [0.29, 0.717) is 10.8 Å². The maximum absolute atomic E-state index is 12.4. The number of carbonyl (C=O) groups excluding carboxylic acids is 1. The first-order valence-electron chi connectivity index (χ1n) is 6.08. The lowest BCUT2D eigenvalue weighted by molar-refractivity contribution is -0.113. The smallest absolute Gasteiger partial charge is 0.281 e. The van der Waals surface area contributed by atoms with Gasteiger partial charge in [0.05, 0.1) is 5.69 Å². The van der Waals surface area contributed by atoms with Gasteiger partial charge in [-0.3, -0.25) is 14.7 Å². The summed E-state index contributed by atoms with van der Waals surface area (Å²) < 4.78 is 0. The number of aromatic nitrogens is 1. The SMILES string of the molecule is O=C1C(=Cc2cccnc2)NC(=S)N1c1ccccc1. The molecule has 0 atom stereocenters. The van der Waals surface area contributed by atoms with Gasteiger partial charge in [-0.1, -0.05) is 24.3 Å². The zero-order valence-corrected chi connectivity index (χ0v) is 11.3. The molecule has 1 N–H and O–H groups in total. The molecule has 0 aliphatic carbocycles. The van der Waals surface area contributed by atoms with Crippen molar-refractivity contribution in [3.63, 3.8) is 0 Å². The Kier molecular flexibility index (Phi) is 3.26. The van der Waals surface area contributed by atoms with Crippen molar-refractivity contribution in [3.8, 4) is 0 Å². The fraction of sp³-hybridized carbons (Fsp3) is 0. The Labute approximate surface area is 121 Å². The summed E-state index contributed by atoms with van der Waals surface area (Å²) in [5.74, 6) is -0.162. The summed E-state index contributed by atoms with van der Waals surface area (Å²) in [5.41, 5.74) is 2.05. The number of benzene rings is 1. The molecular weight excluding hydrogens is 270 g/mol. The highest BCUT2D eigenvalue weighted by Crippen LogP contribution is 2.21. The van der Waals surface area contributed by atoms with Gasteiger partial charge in [0, 0.05) is 12.4 Å². The second kappa shape index (κ2) is 5.22. The first kappa shape index (κ1) is 12.5. The van der Waals surface area contributed by atoms with Gasteiger partial charge in [-0.15, -0.1) is 0 Å². The molecule has 0 unspecified atom stereocenters. The van der Waals surface area contributed by atoms with Crippen LogP contribution >= 0.6 is 12.2 Å². The number of nitrogens with one attached hydrogen (secondary N) is 1. The summed E-state index contributed by atoms with van der Waals surface area (Å²) in [6, 6.07) is 13.0. The maximum Gasteiger partial charge on any atom is 0.281 e. The van der Waals surface area contributed by atoms with Crippen LogP contribution in [-0.2, 0) is 4.79 Å². The Morgan fingerprint density at radius 3 is 2.65 bits per heavy atom. The molecule has 1 aliphatic heterocycles. The van der Waals surface area contributed by atoms with Crippen molar-refractivity contribution in [1.29, 1.82) is 0 Å². The minimum atomic E-state index is -0.162. The molecule has 1 aliphatic rings. The van der Waals surface area contributed by atoms with Crippen LogP contribution in [0.15, 0.2) is 60.6 Å². The standard InChI is InChI=1S/C15H11N3OS/c19-14-13(9-11-5-4-8-16-10-11)17-15(20)18(14)12-6-2-1-3-7-12/h1-10H,(H,17,20). The van der Waals surface area contributed by atoms with Gasteiger partial charge in [-0.25, -0.2) is 0 Å². The van der Waals surface area contributed by atoms with Crippen LogP contribution in [0, 0.1) is 0 Å². The van der Waals surface area contributed by atoms with Gasteiger partial charge < -0.3 is 5.32 Å². The fourth-order valence-corrected chi connectivity index (χ4v) is 2.27. The monoisotopic (exact) mass is 281 g/mol. The van der Waals surface area contributed by atoms with Crippen molar-refractivity contribution in [1.82, 2.24) is 10.3 Å². The number of hydrogen-bond acceptors (Lipinski definition) is 3. The largest absolute Gasteiger partial charge is 0.327 e. The summed E-state index contributed by atoms with van der Waals surface area (Å²) in [7, 11) is 0. The predicted molar refractivity (Wildman–Crippen MR) is 81.9 cm³/mol. The van der Waals surface area contributed by atoms with Gasteiger partial charge in [-0.2, -0.15) is 0 Å². The molecule has 1 saturated heterocycles. The molecule has 3 rings (SSSR count). The third-order valence-corrected chi connectivity index (χ3v) is 3.17. The molecule has 2 aromatic rings. The summed E-state index contributed by atoms with van der Waals surface area (Å²) >= 11 is 5.23. The molecule has 0 spiro atoms. The van der Waals surface area contributed by atoms with E-state index >= 15 is 0 Å². The summed E-state index contributed by atoms with van der Waals surface area (Å²) in [5, 5.41) is 3.33. The first-order chi connectivity index (χ1) is 9.75. The van der Waals surface area contributed by atoms with E-state index in [1.165, 1.54) is 4.90 Å². The van der Waals surface area contributed by atoms with Crippen LogP contribution in [0.25, 0.3) is 6.08 Å². The normalized spacial score (nSPS) is 16.6. The molecule has 1 aromatic carbocycles. The Morgan fingerprint density at radius 1 is 1.15 bits per heavy atom. The molecule has 2 heterocycles. The number of thiocarbonyl (C=S) groups is 1. The van der Waals surface area contributed by atoms with Crippen LogP contribution in [0.3, 0.4) is 0 Å². The highest BCUT2D eigenvalue weighted by atomic mass is 32.1. The van der Waals surface area contributed by atoms with Crippen molar-refractivity contribution in [2.45, 2.75) is 0 Å². The Hall–Kier alpha value is -2.53. The van der Waals surface area contributed by atoms with Gasteiger partial charge in [0.25, 0.3) is 5.91 Å². The zero-order valence-electron chi connectivity index (χ0n) is 10.5. The molecule has 20 heavy (non-hydrogen) atoms. The molecule has 1 amide bonds. The van der Waals surface area contributed by atoms with E-state index in [9.17, 15) is 4.79 Å². The average Bonchev–Trinajstić information content (AvgIpc) is 2.75. The van der Waals surface area contributed by atoms with E-state index in [1.807, 2.05) is 42.5 Å².